The van der Waals surface area contributed by atoms with Crippen LogP contribution in [-0.2, 0) is 6.42 Å². The van der Waals surface area contributed by atoms with Gasteiger partial charge in [-0.05, 0) is 24.7 Å². The molecule has 90 valence electrons. The maximum atomic E-state index is 6.04. The van der Waals surface area contributed by atoms with E-state index in [1.807, 2.05) is 12.1 Å². The van der Waals surface area contributed by atoms with Crippen LogP contribution in [0.1, 0.15) is 5.76 Å². The maximum Gasteiger partial charge on any atom is 0.138 e. The lowest BCUT2D eigenvalue weighted by Gasteiger charge is -2.03. The number of aromatic nitrogens is 1. The van der Waals surface area contributed by atoms with Crippen LogP contribution in [0.25, 0.3) is 11.3 Å². The number of benzene rings is 1. The van der Waals surface area contributed by atoms with Gasteiger partial charge in [0.05, 0.1) is 12.1 Å². The van der Waals surface area contributed by atoms with E-state index in [2.05, 4.69) is 5.16 Å². The molecule has 2 N–H and O–H groups in total. The fourth-order valence-corrected chi connectivity index (χ4v) is 1.79. The molecule has 0 saturated carbocycles. The number of methoxy groups -OCH3 is 1. The highest BCUT2D eigenvalue weighted by Gasteiger charge is 2.08. The zero-order valence-electron chi connectivity index (χ0n) is 9.44. The predicted octanol–water partition coefficient (Wildman–Crippen LogP) is 2.50. The lowest BCUT2D eigenvalue weighted by molar-refractivity contribution is 0.386. The highest BCUT2D eigenvalue weighted by atomic mass is 35.5. The van der Waals surface area contributed by atoms with E-state index in [9.17, 15) is 0 Å². The molecule has 5 heteroatoms. The molecular weight excluding hydrogens is 240 g/mol. The summed E-state index contributed by atoms with van der Waals surface area (Å²) in [4.78, 5) is 0. The fraction of sp³-hybridized carbons (Fsp3) is 0.250. The molecule has 0 saturated heterocycles. The first kappa shape index (κ1) is 12.0. The van der Waals surface area contributed by atoms with Crippen LogP contribution in [0.15, 0.2) is 28.8 Å². The zero-order chi connectivity index (χ0) is 12.3. The van der Waals surface area contributed by atoms with Gasteiger partial charge in [-0.1, -0.05) is 16.8 Å². The smallest absolute Gasteiger partial charge is 0.138 e. The Kier molecular flexibility index (Phi) is 3.66. The molecular formula is C12H13ClN2O2. The normalized spacial score (nSPS) is 10.5. The molecule has 0 spiro atoms. The van der Waals surface area contributed by atoms with Gasteiger partial charge in [-0.15, -0.1) is 0 Å². The topological polar surface area (TPSA) is 61.3 Å². The Hall–Kier alpha value is -1.52. The molecule has 4 nitrogen and oxygen atoms in total. The number of nitrogens with zero attached hydrogens (tertiary/aromatic N) is 1. The van der Waals surface area contributed by atoms with Gasteiger partial charge in [0.2, 0.25) is 0 Å². The van der Waals surface area contributed by atoms with Crippen molar-refractivity contribution < 1.29 is 9.26 Å². The molecule has 1 aromatic heterocycles. The Morgan fingerprint density at radius 1 is 1.41 bits per heavy atom. The number of rotatable bonds is 4. The first-order valence-electron chi connectivity index (χ1n) is 5.24. The molecule has 0 fully saturated rings. The second-order valence-electron chi connectivity index (χ2n) is 3.57. The Labute approximate surface area is 104 Å². The van der Waals surface area contributed by atoms with Crippen molar-refractivity contribution in [2.24, 2.45) is 5.73 Å². The van der Waals surface area contributed by atoms with E-state index in [0.717, 1.165) is 17.0 Å². The Morgan fingerprint density at radius 2 is 2.24 bits per heavy atom. The standard InChI is InChI=1S/C12H13ClN2O2/c1-16-12-3-2-8(6-10(12)13)11-7-9(4-5-14)17-15-11/h2-3,6-7H,4-5,14H2,1H3. The van der Waals surface area contributed by atoms with E-state index in [1.165, 1.54) is 0 Å². The highest BCUT2D eigenvalue weighted by molar-refractivity contribution is 6.32. The first-order valence-corrected chi connectivity index (χ1v) is 5.62. The zero-order valence-corrected chi connectivity index (χ0v) is 10.2. The third kappa shape index (κ3) is 2.60. The third-order valence-corrected chi connectivity index (χ3v) is 2.69. The summed E-state index contributed by atoms with van der Waals surface area (Å²) in [5, 5.41) is 4.52. The molecule has 0 amide bonds. The Morgan fingerprint density at radius 3 is 2.88 bits per heavy atom. The minimum absolute atomic E-state index is 0.540. The summed E-state index contributed by atoms with van der Waals surface area (Å²) >= 11 is 6.04. The molecule has 17 heavy (non-hydrogen) atoms. The van der Waals surface area contributed by atoms with E-state index in [-0.39, 0.29) is 0 Å². The van der Waals surface area contributed by atoms with Crippen LogP contribution in [0.5, 0.6) is 5.75 Å². The first-order chi connectivity index (χ1) is 8.24. The van der Waals surface area contributed by atoms with Crippen molar-refractivity contribution in [3.05, 3.63) is 35.0 Å². The van der Waals surface area contributed by atoms with Crippen molar-refractivity contribution in [3.8, 4) is 17.0 Å². The SMILES string of the molecule is COc1ccc(-c2cc(CCN)on2)cc1Cl. The predicted molar refractivity (Wildman–Crippen MR) is 66.3 cm³/mol. The number of nitrogens with two attached hydrogens (primary N) is 1. The lowest BCUT2D eigenvalue weighted by Crippen LogP contribution is -2.01. The van der Waals surface area contributed by atoms with Crippen LogP contribution in [0, 0.1) is 0 Å². The summed E-state index contributed by atoms with van der Waals surface area (Å²) in [5.74, 6) is 1.41. The van der Waals surface area contributed by atoms with Crippen molar-refractivity contribution in [2.75, 3.05) is 13.7 Å². The summed E-state index contributed by atoms with van der Waals surface area (Å²) in [7, 11) is 1.58. The van der Waals surface area contributed by atoms with Crippen LogP contribution >= 0.6 is 11.6 Å². The second kappa shape index (κ2) is 5.21. The largest absolute Gasteiger partial charge is 0.495 e. The van der Waals surface area contributed by atoms with Crippen molar-refractivity contribution in [1.29, 1.82) is 0 Å². The minimum atomic E-state index is 0.540. The van der Waals surface area contributed by atoms with E-state index in [1.54, 1.807) is 19.2 Å². The molecule has 0 bridgehead atoms. The molecule has 2 aromatic rings. The molecule has 2 rings (SSSR count). The summed E-state index contributed by atoms with van der Waals surface area (Å²) in [6.45, 7) is 0.540. The third-order valence-electron chi connectivity index (χ3n) is 2.40. The van der Waals surface area contributed by atoms with Gasteiger partial charge in [0.25, 0.3) is 0 Å². The molecule has 1 heterocycles. The summed E-state index contributed by atoms with van der Waals surface area (Å²) in [5.41, 5.74) is 7.08. The molecule has 0 unspecified atom stereocenters. The van der Waals surface area contributed by atoms with Gasteiger partial charge >= 0.3 is 0 Å². The number of halogens is 1. The summed E-state index contributed by atoms with van der Waals surface area (Å²) in [6.07, 6.45) is 0.677. The Bertz CT molecular complexity index is 511. The highest BCUT2D eigenvalue weighted by Crippen LogP contribution is 2.29. The van der Waals surface area contributed by atoms with Gasteiger partial charge in [0, 0.05) is 18.1 Å². The van der Waals surface area contributed by atoms with E-state index >= 15 is 0 Å². The van der Waals surface area contributed by atoms with Crippen molar-refractivity contribution in [2.45, 2.75) is 6.42 Å². The van der Waals surface area contributed by atoms with E-state index in [0.29, 0.717) is 23.7 Å². The number of hydrogen-bond acceptors (Lipinski definition) is 4. The van der Waals surface area contributed by atoms with E-state index < -0.39 is 0 Å². The molecule has 0 aliphatic rings. The van der Waals surface area contributed by atoms with Crippen LogP contribution in [0.2, 0.25) is 5.02 Å². The average molecular weight is 253 g/mol. The fourth-order valence-electron chi connectivity index (χ4n) is 1.53. The van der Waals surface area contributed by atoms with Crippen molar-refractivity contribution >= 4 is 11.6 Å². The average Bonchev–Trinajstić information content (AvgIpc) is 2.78. The van der Waals surface area contributed by atoms with Crippen LogP contribution in [0.4, 0.5) is 0 Å². The van der Waals surface area contributed by atoms with Crippen LogP contribution in [-0.4, -0.2) is 18.8 Å². The van der Waals surface area contributed by atoms with Crippen LogP contribution < -0.4 is 10.5 Å². The van der Waals surface area contributed by atoms with Crippen molar-refractivity contribution in [3.63, 3.8) is 0 Å². The molecule has 0 aliphatic carbocycles. The second-order valence-corrected chi connectivity index (χ2v) is 3.97. The van der Waals surface area contributed by atoms with Gasteiger partial charge in [0.15, 0.2) is 0 Å². The molecule has 1 aromatic carbocycles. The van der Waals surface area contributed by atoms with Crippen LogP contribution in [0.3, 0.4) is 0 Å². The quantitative estimate of drug-likeness (QED) is 0.908. The van der Waals surface area contributed by atoms with Gasteiger partial charge in [-0.3, -0.25) is 0 Å². The number of ether oxygens (including phenoxy) is 1. The van der Waals surface area contributed by atoms with E-state index in [4.69, 9.17) is 26.6 Å². The lowest BCUT2D eigenvalue weighted by atomic mass is 10.1. The Balaban J connectivity index is 2.29. The minimum Gasteiger partial charge on any atom is -0.495 e. The molecule has 0 radical (unpaired) electrons. The van der Waals surface area contributed by atoms with Gasteiger partial charge in [-0.25, -0.2) is 0 Å². The monoisotopic (exact) mass is 252 g/mol. The summed E-state index contributed by atoms with van der Waals surface area (Å²) < 4.78 is 10.2. The molecule has 0 atom stereocenters. The molecule has 0 aliphatic heterocycles. The number of hydrogen-bond donors (Lipinski definition) is 1. The van der Waals surface area contributed by atoms with Gasteiger partial charge in [0.1, 0.15) is 17.2 Å². The van der Waals surface area contributed by atoms with Gasteiger partial charge in [-0.2, -0.15) is 0 Å². The van der Waals surface area contributed by atoms with Crippen molar-refractivity contribution in [1.82, 2.24) is 5.16 Å². The summed E-state index contributed by atoms with van der Waals surface area (Å²) in [6, 6.07) is 7.35. The van der Waals surface area contributed by atoms with Gasteiger partial charge < -0.3 is 15.0 Å². The maximum absolute atomic E-state index is 6.04.